The second-order valence-electron chi connectivity index (χ2n) is 6.57. The van der Waals surface area contributed by atoms with E-state index in [1.54, 1.807) is 0 Å². The van der Waals surface area contributed by atoms with Crippen molar-refractivity contribution in [3.63, 3.8) is 0 Å². The van der Waals surface area contributed by atoms with E-state index in [-0.39, 0.29) is 25.3 Å². The topological polar surface area (TPSA) is 160 Å². The molecule has 0 aromatic rings. The number of ketones is 1. The fraction of sp³-hybridized carbons (Fsp3) is 0.812. The smallest absolute Gasteiger partial charge is 0.245 e. The lowest BCUT2D eigenvalue weighted by Gasteiger charge is -2.26. The van der Waals surface area contributed by atoms with Crippen molar-refractivity contribution in [2.45, 2.75) is 58.3 Å². The van der Waals surface area contributed by atoms with Crippen molar-refractivity contribution < 1.29 is 19.5 Å². The fourth-order valence-corrected chi connectivity index (χ4v) is 2.13. The lowest BCUT2D eigenvalue weighted by Crippen LogP contribution is -2.59. The molecule has 9 nitrogen and oxygen atoms in total. The molecule has 0 rings (SSSR count). The Morgan fingerprint density at radius 1 is 1.00 bits per heavy atom. The molecule has 0 saturated carbocycles. The number of nitrogens with one attached hydrogen (secondary N) is 3. The SMILES string of the molecule is CC(=O)[C@H](CCN)NC(=O)[C@@H](NC(=O)[C@H](CN)NCC(C)C)[C@H](C)O. The van der Waals surface area contributed by atoms with Gasteiger partial charge in [-0.25, -0.2) is 0 Å². The maximum Gasteiger partial charge on any atom is 0.245 e. The van der Waals surface area contributed by atoms with Gasteiger partial charge in [0.2, 0.25) is 11.8 Å². The van der Waals surface area contributed by atoms with Crippen LogP contribution in [0, 0.1) is 5.92 Å². The highest BCUT2D eigenvalue weighted by atomic mass is 16.3. The van der Waals surface area contributed by atoms with Crippen LogP contribution in [-0.4, -0.2) is 66.6 Å². The second-order valence-corrected chi connectivity index (χ2v) is 6.57. The van der Waals surface area contributed by atoms with Gasteiger partial charge in [-0.1, -0.05) is 13.8 Å². The molecule has 2 amide bonds. The molecule has 25 heavy (non-hydrogen) atoms. The van der Waals surface area contributed by atoms with Crippen LogP contribution < -0.4 is 27.4 Å². The highest BCUT2D eigenvalue weighted by Gasteiger charge is 2.30. The van der Waals surface area contributed by atoms with E-state index in [0.717, 1.165) is 0 Å². The number of nitrogens with two attached hydrogens (primary N) is 2. The van der Waals surface area contributed by atoms with Gasteiger partial charge in [-0.15, -0.1) is 0 Å². The zero-order valence-corrected chi connectivity index (χ0v) is 15.5. The van der Waals surface area contributed by atoms with Crippen LogP contribution in [0.4, 0.5) is 0 Å². The van der Waals surface area contributed by atoms with Gasteiger partial charge in [-0.2, -0.15) is 0 Å². The molecule has 9 heteroatoms. The molecule has 0 aliphatic rings. The number of carbonyl (C=O) groups is 3. The van der Waals surface area contributed by atoms with Gasteiger partial charge in [0.25, 0.3) is 0 Å². The molecule has 0 aromatic heterocycles. The molecule has 0 aromatic carbocycles. The highest BCUT2D eigenvalue weighted by Crippen LogP contribution is 2.00. The summed E-state index contributed by atoms with van der Waals surface area (Å²) < 4.78 is 0. The van der Waals surface area contributed by atoms with Crippen LogP contribution >= 0.6 is 0 Å². The maximum absolute atomic E-state index is 12.4. The average molecular weight is 359 g/mol. The zero-order valence-electron chi connectivity index (χ0n) is 15.5. The Morgan fingerprint density at radius 3 is 2.00 bits per heavy atom. The molecule has 0 unspecified atom stereocenters. The summed E-state index contributed by atoms with van der Waals surface area (Å²) in [4.78, 5) is 36.2. The number of hydrogen-bond donors (Lipinski definition) is 6. The molecule has 0 aliphatic carbocycles. The Balaban J connectivity index is 4.94. The molecule has 0 fully saturated rings. The molecule has 0 spiro atoms. The monoisotopic (exact) mass is 359 g/mol. The largest absolute Gasteiger partial charge is 0.391 e. The van der Waals surface area contributed by atoms with E-state index in [1.807, 2.05) is 13.8 Å². The molecule has 0 radical (unpaired) electrons. The van der Waals surface area contributed by atoms with Gasteiger partial charge in [0.15, 0.2) is 5.78 Å². The van der Waals surface area contributed by atoms with Crippen LogP contribution in [0.2, 0.25) is 0 Å². The van der Waals surface area contributed by atoms with Gasteiger partial charge >= 0.3 is 0 Å². The van der Waals surface area contributed by atoms with Gasteiger partial charge in [0, 0.05) is 6.54 Å². The number of carbonyl (C=O) groups excluding carboxylic acids is 3. The first-order valence-corrected chi connectivity index (χ1v) is 8.56. The molecular formula is C16H33N5O4. The number of hydrogen-bond acceptors (Lipinski definition) is 7. The lowest BCUT2D eigenvalue weighted by molar-refractivity contribution is -0.134. The third-order valence-corrected chi connectivity index (χ3v) is 3.65. The van der Waals surface area contributed by atoms with Gasteiger partial charge in [-0.3, -0.25) is 14.4 Å². The van der Waals surface area contributed by atoms with Crippen molar-refractivity contribution in [3.05, 3.63) is 0 Å². The van der Waals surface area contributed by atoms with Crippen molar-refractivity contribution in [2.75, 3.05) is 19.6 Å². The summed E-state index contributed by atoms with van der Waals surface area (Å²) in [6.45, 7) is 7.57. The summed E-state index contributed by atoms with van der Waals surface area (Å²) >= 11 is 0. The average Bonchev–Trinajstić information content (AvgIpc) is 2.51. The fourth-order valence-electron chi connectivity index (χ4n) is 2.13. The molecule has 0 aliphatic heterocycles. The standard InChI is InChI=1S/C16H33N5O4/c1-9(2)8-19-13(7-18)15(24)21-14(11(4)23)16(25)20-12(5-6-17)10(3)22/h9,11-14,19,23H,5-8,17-18H2,1-4H3,(H,20,25)(H,21,24)/t11-,12-,13-,14-/m0/s1. The normalized spacial score (nSPS) is 16.0. The number of rotatable bonds is 12. The van der Waals surface area contributed by atoms with Crippen LogP contribution in [0.15, 0.2) is 0 Å². The maximum atomic E-state index is 12.4. The Kier molecular flexibility index (Phi) is 11.2. The molecule has 8 N–H and O–H groups in total. The molecule has 0 heterocycles. The Morgan fingerprint density at radius 2 is 1.60 bits per heavy atom. The Bertz CT molecular complexity index is 442. The number of aliphatic hydroxyl groups excluding tert-OH is 1. The number of Topliss-reactive ketones (excluding diaryl/α,β-unsaturated/α-hetero) is 1. The Labute approximate surface area is 149 Å². The minimum atomic E-state index is -1.19. The molecular weight excluding hydrogens is 326 g/mol. The first kappa shape index (κ1) is 23.4. The van der Waals surface area contributed by atoms with Crippen molar-refractivity contribution >= 4 is 17.6 Å². The third kappa shape index (κ3) is 8.92. The summed E-state index contributed by atoms with van der Waals surface area (Å²) in [5.41, 5.74) is 11.0. The highest BCUT2D eigenvalue weighted by molar-refractivity contribution is 5.93. The van der Waals surface area contributed by atoms with Crippen LogP contribution in [0.3, 0.4) is 0 Å². The van der Waals surface area contributed by atoms with Crippen molar-refractivity contribution in [1.29, 1.82) is 0 Å². The number of aliphatic hydroxyl groups is 1. The van der Waals surface area contributed by atoms with Crippen LogP contribution in [0.1, 0.15) is 34.1 Å². The molecule has 4 atom stereocenters. The molecule has 146 valence electrons. The van der Waals surface area contributed by atoms with Crippen LogP contribution in [-0.2, 0) is 14.4 Å². The van der Waals surface area contributed by atoms with Gasteiger partial charge in [0.1, 0.15) is 6.04 Å². The van der Waals surface area contributed by atoms with E-state index in [4.69, 9.17) is 11.5 Å². The van der Waals surface area contributed by atoms with Crippen molar-refractivity contribution in [2.24, 2.45) is 17.4 Å². The number of amides is 2. The van der Waals surface area contributed by atoms with Crippen LogP contribution in [0.25, 0.3) is 0 Å². The van der Waals surface area contributed by atoms with Crippen molar-refractivity contribution in [1.82, 2.24) is 16.0 Å². The minimum Gasteiger partial charge on any atom is -0.391 e. The zero-order chi connectivity index (χ0) is 19.6. The predicted molar refractivity (Wildman–Crippen MR) is 95.6 cm³/mol. The van der Waals surface area contributed by atoms with E-state index in [9.17, 15) is 19.5 Å². The van der Waals surface area contributed by atoms with Crippen molar-refractivity contribution in [3.8, 4) is 0 Å². The summed E-state index contributed by atoms with van der Waals surface area (Å²) in [5, 5.41) is 17.9. The third-order valence-electron chi connectivity index (χ3n) is 3.65. The first-order valence-electron chi connectivity index (χ1n) is 8.56. The summed E-state index contributed by atoms with van der Waals surface area (Å²) in [6.07, 6.45) is -0.860. The van der Waals surface area contributed by atoms with E-state index >= 15 is 0 Å². The van der Waals surface area contributed by atoms with Gasteiger partial charge in [-0.05, 0) is 39.3 Å². The summed E-state index contributed by atoms with van der Waals surface area (Å²) in [7, 11) is 0. The molecule has 0 saturated heterocycles. The van der Waals surface area contributed by atoms with E-state index in [1.165, 1.54) is 13.8 Å². The Hall–Kier alpha value is -1.55. The second kappa shape index (κ2) is 11.9. The first-order chi connectivity index (χ1) is 11.6. The van der Waals surface area contributed by atoms with E-state index in [2.05, 4.69) is 16.0 Å². The van der Waals surface area contributed by atoms with Gasteiger partial charge in [0.05, 0.1) is 18.2 Å². The summed E-state index contributed by atoms with van der Waals surface area (Å²) in [6, 6.07) is -2.62. The van der Waals surface area contributed by atoms with Crippen LogP contribution in [0.5, 0.6) is 0 Å². The minimum absolute atomic E-state index is 0.0515. The quantitative estimate of drug-likeness (QED) is 0.231. The summed E-state index contributed by atoms with van der Waals surface area (Å²) in [5.74, 6) is -1.04. The van der Waals surface area contributed by atoms with E-state index in [0.29, 0.717) is 12.5 Å². The lowest BCUT2D eigenvalue weighted by atomic mass is 10.1. The molecule has 0 bridgehead atoms. The van der Waals surface area contributed by atoms with E-state index < -0.39 is 36.0 Å². The van der Waals surface area contributed by atoms with Gasteiger partial charge < -0.3 is 32.5 Å². The predicted octanol–water partition coefficient (Wildman–Crippen LogP) is -2.15.